The Balaban J connectivity index is 1.40. The van der Waals surface area contributed by atoms with Crippen molar-refractivity contribution < 1.29 is 29.0 Å². The van der Waals surface area contributed by atoms with E-state index in [9.17, 15) is 14.4 Å². The highest BCUT2D eigenvalue weighted by Gasteiger charge is 2.29. The van der Waals surface area contributed by atoms with E-state index in [0.717, 1.165) is 22.3 Å². The number of pyridine rings is 1. The maximum Gasteiger partial charge on any atom is 0.412 e. The van der Waals surface area contributed by atoms with Gasteiger partial charge in [-0.05, 0) is 34.4 Å². The fraction of sp³-hybridized carbons (Fsp3) is 0.200. The van der Waals surface area contributed by atoms with Gasteiger partial charge < -0.3 is 19.9 Å². The molecule has 34 heavy (non-hydrogen) atoms. The van der Waals surface area contributed by atoms with Crippen LogP contribution in [0.15, 0.2) is 66.7 Å². The van der Waals surface area contributed by atoms with Crippen LogP contribution in [0.4, 0.5) is 10.6 Å². The Hall–Kier alpha value is -4.24. The first-order valence-corrected chi connectivity index (χ1v) is 10.6. The summed E-state index contributed by atoms with van der Waals surface area (Å²) in [6, 6.07) is 19.2. The normalized spacial score (nSPS) is 12.9. The van der Waals surface area contributed by atoms with Crippen LogP contribution in [-0.2, 0) is 14.3 Å². The molecule has 0 aliphatic heterocycles. The Morgan fingerprint density at radius 1 is 0.971 bits per heavy atom. The standard InChI is InChI=1S/C25H23N3O6/c1-33-14-21(24(30)31)27-23(29)20-11-6-12-22(26-20)28-25(32)34-13-19-17-9-4-2-7-15(17)16-8-3-5-10-18(16)19/h2-12,19,21H,13-14H2,1H3,(H,27,29)(H,30,31)(H,26,28,32). The number of ether oxygens (including phenoxy) is 2. The zero-order chi connectivity index (χ0) is 24.1. The lowest BCUT2D eigenvalue weighted by molar-refractivity contribution is -0.140. The van der Waals surface area contributed by atoms with Gasteiger partial charge in [-0.2, -0.15) is 0 Å². The third kappa shape index (κ3) is 4.89. The Morgan fingerprint density at radius 3 is 2.24 bits per heavy atom. The largest absolute Gasteiger partial charge is 0.480 e. The predicted octanol–water partition coefficient (Wildman–Crippen LogP) is 3.27. The molecule has 1 aromatic heterocycles. The van der Waals surface area contributed by atoms with E-state index in [1.807, 2.05) is 36.4 Å². The molecule has 3 aromatic rings. The summed E-state index contributed by atoms with van der Waals surface area (Å²) in [6.07, 6.45) is -0.713. The van der Waals surface area contributed by atoms with Crippen LogP contribution < -0.4 is 10.6 Å². The Bertz CT molecular complexity index is 1180. The van der Waals surface area contributed by atoms with Gasteiger partial charge in [-0.15, -0.1) is 0 Å². The molecule has 1 unspecified atom stereocenters. The monoisotopic (exact) mass is 461 g/mol. The SMILES string of the molecule is COCC(NC(=O)c1cccc(NC(=O)OCC2c3ccccc3-c3ccccc32)n1)C(=O)O. The van der Waals surface area contributed by atoms with Crippen molar-refractivity contribution in [3.8, 4) is 11.1 Å². The predicted molar refractivity (Wildman–Crippen MR) is 124 cm³/mol. The van der Waals surface area contributed by atoms with Gasteiger partial charge in [-0.3, -0.25) is 10.1 Å². The second-order valence-electron chi connectivity index (χ2n) is 7.68. The van der Waals surface area contributed by atoms with Crippen LogP contribution in [0.1, 0.15) is 27.5 Å². The first-order chi connectivity index (χ1) is 16.5. The molecule has 0 radical (unpaired) electrons. The number of rotatable bonds is 8. The van der Waals surface area contributed by atoms with Gasteiger partial charge in [0.1, 0.15) is 18.1 Å². The molecule has 0 saturated heterocycles. The number of anilines is 1. The molecular weight excluding hydrogens is 438 g/mol. The second kappa shape index (κ2) is 10.1. The molecule has 9 nitrogen and oxygen atoms in total. The van der Waals surface area contributed by atoms with Crippen LogP contribution in [0.5, 0.6) is 0 Å². The lowest BCUT2D eigenvalue weighted by Crippen LogP contribution is -2.44. The van der Waals surface area contributed by atoms with Gasteiger partial charge in [0.25, 0.3) is 5.91 Å². The van der Waals surface area contributed by atoms with E-state index in [4.69, 9.17) is 14.6 Å². The van der Waals surface area contributed by atoms with Crippen LogP contribution in [0, 0.1) is 0 Å². The summed E-state index contributed by atoms with van der Waals surface area (Å²) in [6.45, 7) is -0.0594. The summed E-state index contributed by atoms with van der Waals surface area (Å²) in [7, 11) is 1.33. The molecule has 1 atom stereocenters. The van der Waals surface area contributed by atoms with E-state index in [1.165, 1.54) is 25.3 Å². The molecule has 0 fully saturated rings. The van der Waals surface area contributed by atoms with E-state index >= 15 is 0 Å². The Kier molecular flexibility index (Phi) is 6.84. The van der Waals surface area contributed by atoms with E-state index in [-0.39, 0.29) is 30.6 Å². The lowest BCUT2D eigenvalue weighted by atomic mass is 9.98. The molecule has 2 amide bonds. The fourth-order valence-corrected chi connectivity index (χ4v) is 3.94. The summed E-state index contributed by atoms with van der Waals surface area (Å²) >= 11 is 0. The van der Waals surface area contributed by atoms with E-state index in [0.29, 0.717) is 0 Å². The zero-order valence-electron chi connectivity index (χ0n) is 18.4. The first kappa shape index (κ1) is 22.9. The Labute approximate surface area is 195 Å². The van der Waals surface area contributed by atoms with Crippen LogP contribution in [0.25, 0.3) is 11.1 Å². The van der Waals surface area contributed by atoms with Crippen LogP contribution in [-0.4, -0.2) is 54.4 Å². The average Bonchev–Trinajstić information content (AvgIpc) is 3.16. The number of nitrogens with zero attached hydrogens (tertiary/aromatic N) is 1. The smallest absolute Gasteiger partial charge is 0.412 e. The van der Waals surface area contributed by atoms with Crippen LogP contribution >= 0.6 is 0 Å². The lowest BCUT2D eigenvalue weighted by Gasteiger charge is -2.15. The molecule has 3 N–H and O–H groups in total. The topological polar surface area (TPSA) is 127 Å². The maximum atomic E-state index is 12.5. The number of carboxylic acids is 1. The zero-order valence-corrected chi connectivity index (χ0v) is 18.4. The summed E-state index contributed by atoms with van der Waals surface area (Å²) in [5, 5.41) is 14.0. The summed E-state index contributed by atoms with van der Waals surface area (Å²) in [4.78, 5) is 40.1. The number of carbonyl (C=O) groups excluding carboxylic acids is 2. The van der Waals surface area contributed by atoms with E-state index in [1.54, 1.807) is 0 Å². The van der Waals surface area contributed by atoms with Crippen molar-refractivity contribution in [1.29, 1.82) is 0 Å². The molecule has 0 spiro atoms. The second-order valence-corrected chi connectivity index (χ2v) is 7.68. The number of hydrogen-bond donors (Lipinski definition) is 3. The van der Waals surface area contributed by atoms with Gasteiger partial charge in [-0.25, -0.2) is 14.6 Å². The van der Waals surface area contributed by atoms with Gasteiger partial charge in [0.05, 0.1) is 6.61 Å². The maximum absolute atomic E-state index is 12.5. The molecule has 4 rings (SSSR count). The number of aromatic nitrogens is 1. The van der Waals surface area contributed by atoms with E-state index < -0.39 is 24.0 Å². The number of benzene rings is 2. The van der Waals surface area contributed by atoms with Crippen molar-refractivity contribution in [3.05, 3.63) is 83.6 Å². The number of methoxy groups -OCH3 is 1. The summed E-state index contributed by atoms with van der Waals surface area (Å²) < 4.78 is 10.3. The van der Waals surface area contributed by atoms with Gasteiger partial charge >= 0.3 is 12.1 Å². The summed E-state index contributed by atoms with van der Waals surface area (Å²) in [5.74, 6) is -1.93. The highest BCUT2D eigenvalue weighted by atomic mass is 16.5. The minimum Gasteiger partial charge on any atom is -0.480 e. The quantitative estimate of drug-likeness (QED) is 0.470. The minimum atomic E-state index is -1.23. The number of aliphatic carboxylic acids is 1. The molecule has 0 saturated carbocycles. The van der Waals surface area contributed by atoms with Crippen molar-refractivity contribution in [2.45, 2.75) is 12.0 Å². The third-order valence-electron chi connectivity index (χ3n) is 5.49. The number of carboxylic acid groups (broad SMARTS) is 1. The number of amides is 2. The van der Waals surface area contributed by atoms with Crippen molar-refractivity contribution in [3.63, 3.8) is 0 Å². The average molecular weight is 461 g/mol. The minimum absolute atomic E-state index is 0.0567. The fourth-order valence-electron chi connectivity index (χ4n) is 3.94. The molecule has 0 bridgehead atoms. The highest BCUT2D eigenvalue weighted by Crippen LogP contribution is 2.44. The number of carbonyl (C=O) groups is 3. The molecule has 1 aliphatic rings. The Morgan fingerprint density at radius 2 is 1.62 bits per heavy atom. The van der Waals surface area contributed by atoms with Crippen molar-refractivity contribution >= 4 is 23.8 Å². The van der Waals surface area contributed by atoms with Crippen LogP contribution in [0.2, 0.25) is 0 Å². The molecule has 2 aromatic carbocycles. The molecule has 1 heterocycles. The molecule has 9 heteroatoms. The van der Waals surface area contributed by atoms with Crippen LogP contribution in [0.3, 0.4) is 0 Å². The van der Waals surface area contributed by atoms with Gasteiger partial charge in [0.15, 0.2) is 6.04 Å². The van der Waals surface area contributed by atoms with E-state index in [2.05, 4.69) is 27.8 Å². The summed E-state index contributed by atoms with van der Waals surface area (Å²) in [5.41, 5.74) is 4.38. The van der Waals surface area contributed by atoms with Crippen molar-refractivity contribution in [1.82, 2.24) is 10.3 Å². The molecular formula is C25H23N3O6. The number of nitrogens with one attached hydrogen (secondary N) is 2. The third-order valence-corrected chi connectivity index (χ3v) is 5.49. The number of hydrogen-bond acceptors (Lipinski definition) is 6. The first-order valence-electron chi connectivity index (χ1n) is 10.6. The van der Waals surface area contributed by atoms with Gasteiger partial charge in [0, 0.05) is 13.0 Å². The molecule has 174 valence electrons. The molecule has 1 aliphatic carbocycles. The highest BCUT2D eigenvalue weighted by molar-refractivity contribution is 5.95. The van der Waals surface area contributed by atoms with Gasteiger partial charge in [-0.1, -0.05) is 54.6 Å². The number of fused-ring (bicyclic) bond motifs is 3. The van der Waals surface area contributed by atoms with Gasteiger partial charge in [0.2, 0.25) is 0 Å². The van der Waals surface area contributed by atoms with Crippen molar-refractivity contribution in [2.24, 2.45) is 0 Å². The van der Waals surface area contributed by atoms with Crippen molar-refractivity contribution in [2.75, 3.05) is 25.6 Å².